The number of aromatic nitrogens is 2. The van der Waals surface area contributed by atoms with Gasteiger partial charge < -0.3 is 0 Å². The topological polar surface area (TPSA) is 142 Å². The van der Waals surface area contributed by atoms with Crippen LogP contribution in [-0.2, 0) is 14.4 Å². The first-order valence-corrected chi connectivity index (χ1v) is 14.2. The van der Waals surface area contributed by atoms with Gasteiger partial charge in [-0.3, -0.25) is 9.36 Å². The summed E-state index contributed by atoms with van der Waals surface area (Å²) in [6.45, 7) is 3.18. The summed E-state index contributed by atoms with van der Waals surface area (Å²) < 4.78 is 30.2. The normalized spacial score (nSPS) is 11.0. The molecule has 1 aromatic heterocycles. The van der Waals surface area contributed by atoms with Crippen molar-refractivity contribution in [3.8, 4) is 11.4 Å². The van der Waals surface area contributed by atoms with Crippen molar-refractivity contribution < 1.29 is 21.8 Å². The second-order valence-corrected chi connectivity index (χ2v) is 11.0. The molecule has 0 saturated carbocycles. The summed E-state index contributed by atoms with van der Waals surface area (Å²) in [7, 11) is 0. The van der Waals surface area contributed by atoms with E-state index in [9.17, 15) is 18.4 Å². The summed E-state index contributed by atoms with van der Waals surface area (Å²) in [5.41, 5.74) is 2.37. The van der Waals surface area contributed by atoms with Gasteiger partial charge in [0.15, 0.2) is 0 Å². The molecule has 0 radical (unpaired) electrons. The molecule has 0 spiro atoms. The first-order chi connectivity index (χ1) is 16.5. The van der Waals surface area contributed by atoms with Crippen LogP contribution in [0.1, 0.15) is 18.3 Å². The van der Waals surface area contributed by atoms with Gasteiger partial charge in [0.1, 0.15) is 5.82 Å². The summed E-state index contributed by atoms with van der Waals surface area (Å²) in [5.74, 6) is -0.238. The Morgan fingerprint density at radius 1 is 1.06 bits per heavy atom. The van der Waals surface area contributed by atoms with Crippen LogP contribution in [-0.4, -0.2) is 42.9 Å². The largest absolute Gasteiger partial charge is 0.268 e. The van der Waals surface area contributed by atoms with Gasteiger partial charge in [-0.25, -0.2) is 4.98 Å². The van der Waals surface area contributed by atoms with Crippen molar-refractivity contribution in [1.29, 1.82) is 0 Å². The van der Waals surface area contributed by atoms with Crippen LogP contribution in [0.2, 0.25) is 0 Å². The number of aromatic hydroxyl groups is 1. The SMILES string of the molecule is CC(=O)Nc1cccc(O)c1[As](=O)(O)O.Cc1ccccc1-n1c(CCl)nc2ccccc2c1=O. The van der Waals surface area contributed by atoms with E-state index in [2.05, 4.69) is 10.3 Å². The predicted octanol–water partition coefficient (Wildman–Crippen LogP) is 2.34. The number of carbonyl (C=O) groups excluding carboxylic acids is 1. The molecule has 182 valence electrons. The Balaban J connectivity index is 0.000000205. The number of rotatable bonds is 4. The molecule has 1 amide bonds. The average molecular weight is 560 g/mol. The number of nitrogens with one attached hydrogen (secondary N) is 1. The molecule has 0 bridgehead atoms. The van der Waals surface area contributed by atoms with Crippen LogP contribution in [0, 0.1) is 6.92 Å². The number of aryl methyl sites for hydroxylation is 1. The Morgan fingerprint density at radius 3 is 2.34 bits per heavy atom. The molecule has 35 heavy (non-hydrogen) atoms. The van der Waals surface area contributed by atoms with Gasteiger partial charge in [-0.05, 0) is 30.7 Å². The number of halogens is 1. The molecule has 0 aliphatic rings. The molecule has 4 rings (SSSR count). The van der Waals surface area contributed by atoms with E-state index in [4.69, 9.17) is 19.8 Å². The minimum Gasteiger partial charge on any atom is -0.268 e. The van der Waals surface area contributed by atoms with Crippen molar-refractivity contribution in [2.24, 2.45) is 0 Å². The van der Waals surface area contributed by atoms with Crippen LogP contribution in [0.3, 0.4) is 0 Å². The zero-order valence-corrected chi connectivity index (χ0v) is 21.5. The van der Waals surface area contributed by atoms with Gasteiger partial charge in [0.05, 0.1) is 22.5 Å². The minimum absolute atomic E-state index is 0.0602. The first kappa shape index (κ1) is 26.2. The summed E-state index contributed by atoms with van der Waals surface area (Å²) in [5, 5.41) is 12.2. The second kappa shape index (κ2) is 10.9. The van der Waals surface area contributed by atoms with E-state index in [-0.39, 0.29) is 17.1 Å². The molecule has 11 heteroatoms. The van der Waals surface area contributed by atoms with Crippen molar-refractivity contribution in [3.05, 3.63) is 88.5 Å². The number of carbonyl (C=O) groups is 1. The second-order valence-electron chi connectivity index (χ2n) is 7.50. The minimum atomic E-state index is -5.25. The number of benzene rings is 3. The van der Waals surface area contributed by atoms with E-state index < -0.39 is 30.2 Å². The number of alkyl halides is 1. The van der Waals surface area contributed by atoms with Crippen LogP contribution in [0.25, 0.3) is 16.6 Å². The Labute approximate surface area is 208 Å². The van der Waals surface area contributed by atoms with E-state index in [1.165, 1.54) is 19.1 Å². The number of anilines is 1. The number of phenols is 1. The molecule has 0 aliphatic heterocycles. The third-order valence-electron chi connectivity index (χ3n) is 4.94. The molecule has 0 aliphatic carbocycles. The van der Waals surface area contributed by atoms with Crippen molar-refractivity contribution in [2.45, 2.75) is 19.7 Å². The van der Waals surface area contributed by atoms with Crippen LogP contribution in [0.4, 0.5) is 5.69 Å². The van der Waals surface area contributed by atoms with Crippen molar-refractivity contribution in [1.82, 2.24) is 9.55 Å². The average Bonchev–Trinajstić information content (AvgIpc) is 2.79. The van der Waals surface area contributed by atoms with Gasteiger partial charge in [0, 0.05) is 0 Å². The maximum Gasteiger partial charge on any atom is 0.266 e. The summed E-state index contributed by atoms with van der Waals surface area (Å²) in [4.78, 5) is 28.0. The molecular weight excluding hydrogens is 537 g/mol. The molecule has 0 unspecified atom stereocenters. The summed E-state index contributed by atoms with van der Waals surface area (Å²) >= 11 is 0.736. The monoisotopic (exact) mass is 559 g/mol. The van der Waals surface area contributed by atoms with Gasteiger partial charge in [-0.1, -0.05) is 30.3 Å². The summed E-state index contributed by atoms with van der Waals surface area (Å²) in [6, 6.07) is 18.9. The van der Waals surface area contributed by atoms with E-state index in [1.54, 1.807) is 10.6 Å². The number of fused-ring (bicyclic) bond motifs is 1. The molecule has 9 nitrogen and oxygen atoms in total. The maximum absolute atomic E-state index is 12.7. The van der Waals surface area contributed by atoms with Crippen LogP contribution >= 0.6 is 11.6 Å². The van der Waals surface area contributed by atoms with E-state index in [0.717, 1.165) is 17.3 Å². The van der Waals surface area contributed by atoms with Crippen molar-refractivity contribution in [3.63, 3.8) is 0 Å². The van der Waals surface area contributed by atoms with Crippen LogP contribution in [0.15, 0.2) is 71.5 Å². The van der Waals surface area contributed by atoms with E-state index in [0.29, 0.717) is 16.7 Å². The maximum atomic E-state index is 12.7. The first-order valence-electron chi connectivity index (χ1n) is 10.3. The number of nitrogens with zero attached hydrogens (tertiary/aromatic N) is 2. The molecule has 0 saturated heterocycles. The van der Waals surface area contributed by atoms with Gasteiger partial charge in [-0.2, -0.15) is 0 Å². The molecule has 4 N–H and O–H groups in total. The number of para-hydroxylation sites is 2. The third kappa shape index (κ3) is 6.01. The van der Waals surface area contributed by atoms with E-state index in [1.807, 2.05) is 49.4 Å². The van der Waals surface area contributed by atoms with Gasteiger partial charge >= 0.3 is 88.1 Å². The van der Waals surface area contributed by atoms with Crippen LogP contribution in [0.5, 0.6) is 5.75 Å². The molecule has 4 aromatic rings. The fraction of sp³-hybridized carbons (Fsp3) is 0.125. The van der Waals surface area contributed by atoms with E-state index >= 15 is 0 Å². The Hall–Kier alpha value is -3.36. The van der Waals surface area contributed by atoms with Crippen molar-refractivity contribution >= 4 is 52.6 Å². The van der Waals surface area contributed by atoms with Crippen LogP contribution < -0.4 is 15.2 Å². The molecule has 0 atom stereocenters. The number of hydrogen-bond acceptors (Lipinski definition) is 5. The third-order valence-corrected chi connectivity index (χ3v) is 7.39. The zero-order chi connectivity index (χ0) is 25.8. The Morgan fingerprint density at radius 2 is 1.71 bits per heavy atom. The molecule has 3 aromatic carbocycles. The van der Waals surface area contributed by atoms with Gasteiger partial charge in [0.25, 0.3) is 5.56 Å². The Bertz CT molecular complexity index is 1500. The van der Waals surface area contributed by atoms with Gasteiger partial charge in [-0.15, -0.1) is 11.6 Å². The molecule has 1 heterocycles. The fourth-order valence-corrected chi connectivity index (χ4v) is 5.35. The van der Waals surface area contributed by atoms with Gasteiger partial charge in [0.2, 0.25) is 0 Å². The predicted molar refractivity (Wildman–Crippen MR) is 135 cm³/mol. The molecule has 0 fully saturated rings. The number of amides is 1. The number of phenolic OH excluding ortho intramolecular Hbond substituents is 1. The number of hydrogen-bond donors (Lipinski definition) is 4. The fourth-order valence-electron chi connectivity index (χ4n) is 3.46. The smallest absolute Gasteiger partial charge is 0.266 e. The van der Waals surface area contributed by atoms with Crippen molar-refractivity contribution in [2.75, 3.05) is 5.32 Å². The standard InChI is InChI=1S/C16H13ClN2O.C8H10AsNO5/c1-11-6-2-5-9-14(11)19-15(10-17)18-13-8-4-3-7-12(13)16(19)20;1-5(11)10-6-3-2-4-7(12)8(6)9(13,14)15/h2-9H,10H2,1H3;2-4,12H,1H3,(H,10,11)(H2,13,14,15). The zero-order valence-electron chi connectivity index (χ0n) is 18.8. The quantitative estimate of drug-likeness (QED) is 0.222. The Kier molecular flexibility index (Phi) is 8.19. The molecular formula is C24H23AsClN3O6. The summed E-state index contributed by atoms with van der Waals surface area (Å²) in [6.07, 6.45) is 0.